The van der Waals surface area contributed by atoms with Gasteiger partial charge in [0.15, 0.2) is 0 Å². The number of hydrogen-bond acceptors (Lipinski definition) is 4. The highest BCUT2D eigenvalue weighted by molar-refractivity contribution is 6.31. The second-order valence-corrected chi connectivity index (χ2v) is 7.56. The zero-order valence-corrected chi connectivity index (χ0v) is 16.4. The molecule has 1 atom stereocenters. The summed E-state index contributed by atoms with van der Waals surface area (Å²) < 4.78 is 0. The van der Waals surface area contributed by atoms with E-state index in [0.717, 1.165) is 37.6 Å². The summed E-state index contributed by atoms with van der Waals surface area (Å²) in [5.74, 6) is 0.791. The molecule has 1 aromatic carbocycles. The van der Waals surface area contributed by atoms with Crippen molar-refractivity contribution in [1.82, 2.24) is 4.90 Å². The van der Waals surface area contributed by atoms with Gasteiger partial charge in [-0.2, -0.15) is 0 Å². The number of amides is 1. The number of alkyl halides is 1. The highest BCUT2D eigenvalue weighted by Crippen LogP contribution is 2.30. The molecule has 1 fully saturated rings. The normalized spacial score (nSPS) is 16.2. The van der Waals surface area contributed by atoms with Crippen molar-refractivity contribution in [3.8, 4) is 0 Å². The van der Waals surface area contributed by atoms with Crippen LogP contribution in [0.1, 0.15) is 20.3 Å². The van der Waals surface area contributed by atoms with Crippen LogP contribution in [0.25, 0.3) is 0 Å². The number of rotatable bonds is 7. The van der Waals surface area contributed by atoms with Gasteiger partial charge in [-0.05, 0) is 24.1 Å². The molecule has 1 aliphatic rings. The van der Waals surface area contributed by atoms with Crippen LogP contribution in [0.5, 0.6) is 0 Å². The minimum atomic E-state index is -0.612. The van der Waals surface area contributed by atoms with Gasteiger partial charge in [-0.1, -0.05) is 25.4 Å². The summed E-state index contributed by atoms with van der Waals surface area (Å²) in [5.41, 5.74) is 1.90. The molecular weight excluding hydrogens is 361 g/mol. The lowest BCUT2D eigenvalue weighted by Gasteiger charge is -2.37. The largest absolute Gasteiger partial charge is 0.390 e. The van der Waals surface area contributed by atoms with Crippen LogP contribution in [0.2, 0.25) is 5.02 Å². The van der Waals surface area contributed by atoms with E-state index in [1.807, 2.05) is 23.1 Å². The maximum Gasteiger partial charge on any atom is 0.222 e. The fourth-order valence-corrected chi connectivity index (χ4v) is 3.16. The fraction of sp³-hybridized carbons (Fsp3) is 0.611. The van der Waals surface area contributed by atoms with Crippen LogP contribution in [-0.4, -0.2) is 60.6 Å². The summed E-state index contributed by atoms with van der Waals surface area (Å²) in [4.78, 5) is 16.4. The molecule has 1 heterocycles. The molecule has 1 aliphatic heterocycles. The Bertz CT molecular complexity index is 575. The molecule has 2 rings (SSSR count). The van der Waals surface area contributed by atoms with Crippen molar-refractivity contribution in [3.63, 3.8) is 0 Å². The predicted molar refractivity (Wildman–Crippen MR) is 105 cm³/mol. The molecular formula is C18H27Cl2N3O2. The molecule has 0 aromatic heterocycles. The van der Waals surface area contributed by atoms with Crippen LogP contribution in [-0.2, 0) is 4.79 Å². The van der Waals surface area contributed by atoms with Gasteiger partial charge in [-0.25, -0.2) is 0 Å². The molecule has 140 valence electrons. The first-order chi connectivity index (χ1) is 11.9. The maximum absolute atomic E-state index is 12.2. The van der Waals surface area contributed by atoms with Gasteiger partial charge in [-0.15, -0.1) is 11.6 Å². The summed E-state index contributed by atoms with van der Waals surface area (Å²) in [6, 6.07) is 5.69. The van der Waals surface area contributed by atoms with Gasteiger partial charge < -0.3 is 20.2 Å². The monoisotopic (exact) mass is 387 g/mol. The van der Waals surface area contributed by atoms with E-state index in [1.165, 1.54) is 0 Å². The average molecular weight is 388 g/mol. The first kappa shape index (κ1) is 20.1. The predicted octanol–water partition coefficient (Wildman–Crippen LogP) is 3.05. The van der Waals surface area contributed by atoms with Crippen LogP contribution in [0.15, 0.2) is 18.2 Å². The van der Waals surface area contributed by atoms with Gasteiger partial charge in [-0.3, -0.25) is 4.79 Å². The Morgan fingerprint density at radius 2 is 1.96 bits per heavy atom. The molecule has 2 N–H and O–H groups in total. The van der Waals surface area contributed by atoms with Gasteiger partial charge in [0.05, 0.1) is 23.4 Å². The third-order valence-electron chi connectivity index (χ3n) is 4.22. The quantitative estimate of drug-likeness (QED) is 0.705. The molecule has 1 aromatic rings. The molecule has 1 unspecified atom stereocenters. The average Bonchev–Trinajstić information content (AvgIpc) is 2.59. The Labute approximate surface area is 159 Å². The number of benzene rings is 1. The summed E-state index contributed by atoms with van der Waals surface area (Å²) in [5, 5.41) is 13.5. The lowest BCUT2D eigenvalue weighted by atomic mass is 10.1. The Kier molecular flexibility index (Phi) is 7.66. The van der Waals surface area contributed by atoms with Gasteiger partial charge in [0.2, 0.25) is 5.91 Å². The molecule has 0 spiro atoms. The van der Waals surface area contributed by atoms with Crippen LogP contribution in [0.3, 0.4) is 0 Å². The third-order valence-corrected chi connectivity index (χ3v) is 4.81. The standard InChI is InChI=1S/C18H27Cl2N3O2/c1-13(2)9-18(25)23-7-5-22(6-8-23)17-4-3-14(20)10-16(17)21-12-15(24)11-19/h3-4,10,13,15,21,24H,5-9,11-12H2,1-2H3. The van der Waals surface area contributed by atoms with E-state index in [4.69, 9.17) is 23.2 Å². The van der Waals surface area contributed by atoms with E-state index >= 15 is 0 Å². The molecule has 7 heteroatoms. The van der Waals surface area contributed by atoms with Crippen molar-refractivity contribution >= 4 is 40.5 Å². The molecule has 1 amide bonds. The number of aliphatic hydroxyl groups is 1. The third kappa shape index (κ3) is 5.94. The minimum absolute atomic E-state index is 0.180. The Morgan fingerprint density at radius 3 is 2.56 bits per heavy atom. The Balaban J connectivity index is 2.01. The van der Waals surface area contributed by atoms with E-state index in [2.05, 4.69) is 24.1 Å². The summed E-state index contributed by atoms with van der Waals surface area (Å²) in [7, 11) is 0. The van der Waals surface area contributed by atoms with Gasteiger partial charge in [0.1, 0.15) is 0 Å². The molecule has 0 bridgehead atoms. The molecule has 0 aliphatic carbocycles. The zero-order valence-electron chi connectivity index (χ0n) is 14.8. The lowest BCUT2D eigenvalue weighted by Crippen LogP contribution is -2.49. The van der Waals surface area contributed by atoms with Gasteiger partial charge in [0.25, 0.3) is 0 Å². The highest BCUT2D eigenvalue weighted by atomic mass is 35.5. The smallest absolute Gasteiger partial charge is 0.222 e. The van der Waals surface area contributed by atoms with Crippen molar-refractivity contribution in [1.29, 1.82) is 0 Å². The first-order valence-corrected chi connectivity index (χ1v) is 9.62. The number of nitrogens with one attached hydrogen (secondary N) is 1. The topological polar surface area (TPSA) is 55.8 Å². The number of nitrogens with zero attached hydrogens (tertiary/aromatic N) is 2. The fourth-order valence-electron chi connectivity index (χ4n) is 2.88. The highest BCUT2D eigenvalue weighted by Gasteiger charge is 2.23. The van der Waals surface area contributed by atoms with E-state index < -0.39 is 6.10 Å². The Hall–Kier alpha value is -1.17. The summed E-state index contributed by atoms with van der Waals surface area (Å²) in [6.07, 6.45) is -0.0108. The van der Waals surface area contributed by atoms with Crippen LogP contribution in [0, 0.1) is 5.92 Å². The van der Waals surface area contributed by atoms with E-state index in [0.29, 0.717) is 23.9 Å². The number of anilines is 2. The maximum atomic E-state index is 12.2. The van der Waals surface area contributed by atoms with E-state index in [-0.39, 0.29) is 11.8 Å². The zero-order chi connectivity index (χ0) is 18.4. The molecule has 25 heavy (non-hydrogen) atoms. The summed E-state index contributed by atoms with van der Waals surface area (Å²) in [6.45, 7) is 7.49. The Morgan fingerprint density at radius 1 is 1.28 bits per heavy atom. The number of hydrogen-bond donors (Lipinski definition) is 2. The molecule has 0 saturated carbocycles. The SMILES string of the molecule is CC(C)CC(=O)N1CCN(c2ccc(Cl)cc2NCC(O)CCl)CC1. The minimum Gasteiger partial charge on any atom is -0.390 e. The number of carbonyl (C=O) groups is 1. The van der Waals surface area contributed by atoms with Gasteiger partial charge >= 0.3 is 0 Å². The lowest BCUT2D eigenvalue weighted by molar-refractivity contribution is -0.132. The van der Waals surface area contributed by atoms with Crippen molar-refractivity contribution in [3.05, 3.63) is 23.2 Å². The number of aliphatic hydroxyl groups excluding tert-OH is 1. The van der Waals surface area contributed by atoms with Crippen molar-refractivity contribution < 1.29 is 9.90 Å². The van der Waals surface area contributed by atoms with Crippen molar-refractivity contribution in [2.45, 2.75) is 26.4 Å². The van der Waals surface area contributed by atoms with Crippen LogP contribution >= 0.6 is 23.2 Å². The second kappa shape index (κ2) is 9.51. The first-order valence-electron chi connectivity index (χ1n) is 8.71. The van der Waals surface area contributed by atoms with Crippen molar-refractivity contribution in [2.24, 2.45) is 5.92 Å². The molecule has 0 radical (unpaired) electrons. The molecule has 5 nitrogen and oxygen atoms in total. The summed E-state index contributed by atoms with van der Waals surface area (Å²) >= 11 is 11.8. The number of carbonyl (C=O) groups excluding carboxylic acids is 1. The van der Waals surface area contributed by atoms with E-state index in [1.54, 1.807) is 0 Å². The van der Waals surface area contributed by atoms with Crippen molar-refractivity contribution in [2.75, 3.05) is 48.8 Å². The second-order valence-electron chi connectivity index (χ2n) is 6.82. The van der Waals surface area contributed by atoms with Crippen LogP contribution in [0.4, 0.5) is 11.4 Å². The molecule has 1 saturated heterocycles. The number of piperazine rings is 1. The van der Waals surface area contributed by atoms with E-state index in [9.17, 15) is 9.90 Å². The van der Waals surface area contributed by atoms with Gasteiger partial charge in [0, 0.05) is 44.2 Å². The van der Waals surface area contributed by atoms with Crippen LogP contribution < -0.4 is 10.2 Å². The number of halogens is 2.